The van der Waals surface area contributed by atoms with Gasteiger partial charge in [-0.2, -0.15) is 5.26 Å². The topological polar surface area (TPSA) is 70.3 Å². The Morgan fingerprint density at radius 3 is 2.24 bits per heavy atom. The van der Waals surface area contributed by atoms with Crippen molar-refractivity contribution in [2.75, 3.05) is 7.11 Å². The van der Waals surface area contributed by atoms with Gasteiger partial charge in [0.15, 0.2) is 0 Å². The number of nitrogens with zero attached hydrogens (tertiary/aromatic N) is 1. The minimum absolute atomic E-state index is 0.191. The second-order valence-corrected chi connectivity index (χ2v) is 5.45. The number of benzene rings is 3. The van der Waals surface area contributed by atoms with Crippen molar-refractivity contribution in [1.29, 1.82) is 5.26 Å². The van der Waals surface area contributed by atoms with Crippen LogP contribution in [-0.4, -0.2) is 18.2 Å². The van der Waals surface area contributed by atoms with Crippen molar-refractivity contribution in [2.45, 2.75) is 0 Å². The first-order valence-electron chi connectivity index (χ1n) is 7.65. The number of aromatic carboxylic acids is 1. The van der Waals surface area contributed by atoms with Crippen LogP contribution >= 0.6 is 0 Å². The Morgan fingerprint density at radius 2 is 1.64 bits per heavy atom. The normalized spacial score (nSPS) is 11.1. The number of hydrogen-bond acceptors (Lipinski definition) is 3. The molecule has 0 fully saturated rings. The average molecular weight is 329 g/mol. The quantitative estimate of drug-likeness (QED) is 0.560. The van der Waals surface area contributed by atoms with Gasteiger partial charge in [0.25, 0.3) is 0 Å². The van der Waals surface area contributed by atoms with E-state index in [2.05, 4.69) is 6.07 Å². The molecular formula is C21H15NO3. The van der Waals surface area contributed by atoms with Crippen LogP contribution in [0, 0.1) is 11.3 Å². The number of carbonyl (C=O) groups is 1. The number of allylic oxidation sites excluding steroid dienone is 1. The number of carboxylic acid groups (broad SMARTS) is 1. The summed E-state index contributed by atoms with van der Waals surface area (Å²) in [6.07, 6.45) is 1.80. The van der Waals surface area contributed by atoms with Crippen LogP contribution in [0.25, 0.3) is 22.4 Å². The van der Waals surface area contributed by atoms with Crippen molar-refractivity contribution in [3.05, 3.63) is 77.4 Å². The van der Waals surface area contributed by atoms with Crippen LogP contribution in [0.15, 0.2) is 60.7 Å². The Balaban J connectivity index is 2.11. The fraction of sp³-hybridized carbons (Fsp3) is 0.0476. The molecule has 4 nitrogen and oxygen atoms in total. The van der Waals surface area contributed by atoms with Crippen molar-refractivity contribution in [2.24, 2.45) is 0 Å². The van der Waals surface area contributed by atoms with Crippen molar-refractivity contribution in [3.8, 4) is 11.8 Å². The van der Waals surface area contributed by atoms with Crippen LogP contribution < -0.4 is 4.74 Å². The Bertz CT molecular complexity index is 1010. The molecular weight excluding hydrogens is 314 g/mol. The number of hydrogen-bond donors (Lipinski definition) is 1. The minimum Gasteiger partial charge on any atom is -0.496 e. The van der Waals surface area contributed by atoms with Gasteiger partial charge < -0.3 is 9.84 Å². The lowest BCUT2D eigenvalue weighted by atomic mass is 9.98. The largest absolute Gasteiger partial charge is 0.496 e. The predicted molar refractivity (Wildman–Crippen MR) is 97.4 cm³/mol. The number of methoxy groups -OCH3 is 1. The van der Waals surface area contributed by atoms with Gasteiger partial charge in [-0.1, -0.05) is 42.5 Å². The standard InChI is InChI=1S/C21H15NO3/c1-25-20-11-10-16(18-4-2-3-5-19(18)20)12-17(13-22)14-6-8-15(9-7-14)21(23)24/h2-12H,1H3,(H,23,24). The number of rotatable bonds is 4. The van der Waals surface area contributed by atoms with Crippen molar-refractivity contribution >= 4 is 28.4 Å². The molecule has 3 rings (SSSR count). The predicted octanol–water partition coefficient (Wildman–Crippen LogP) is 4.61. The molecule has 0 saturated heterocycles. The first-order chi connectivity index (χ1) is 12.1. The third-order valence-corrected chi connectivity index (χ3v) is 4.00. The molecule has 0 heterocycles. The van der Waals surface area contributed by atoms with Crippen LogP contribution in [0.4, 0.5) is 0 Å². The smallest absolute Gasteiger partial charge is 0.335 e. The molecule has 0 spiro atoms. The molecule has 0 unspecified atom stereocenters. The van der Waals surface area contributed by atoms with Gasteiger partial charge in [0, 0.05) is 5.39 Å². The molecule has 0 aromatic heterocycles. The van der Waals surface area contributed by atoms with E-state index in [9.17, 15) is 10.1 Å². The average Bonchev–Trinajstić information content (AvgIpc) is 2.66. The summed E-state index contributed by atoms with van der Waals surface area (Å²) in [7, 11) is 1.63. The van der Waals surface area contributed by atoms with Gasteiger partial charge in [0.05, 0.1) is 24.3 Å². The molecule has 3 aromatic rings. The Hall–Kier alpha value is -3.58. The number of ether oxygens (including phenoxy) is 1. The fourth-order valence-corrected chi connectivity index (χ4v) is 2.73. The van der Waals surface area contributed by atoms with Gasteiger partial charge in [-0.05, 0) is 40.8 Å². The zero-order valence-electron chi connectivity index (χ0n) is 13.6. The van der Waals surface area contributed by atoms with Crippen molar-refractivity contribution in [1.82, 2.24) is 0 Å². The Morgan fingerprint density at radius 1 is 1.00 bits per heavy atom. The maximum Gasteiger partial charge on any atom is 0.335 e. The SMILES string of the molecule is COc1ccc(C=C(C#N)c2ccc(C(=O)O)cc2)c2ccccc12. The number of carboxylic acids is 1. The van der Waals surface area contributed by atoms with E-state index >= 15 is 0 Å². The first-order valence-corrected chi connectivity index (χ1v) is 7.65. The van der Waals surface area contributed by atoms with Crippen LogP contribution in [0.2, 0.25) is 0 Å². The number of nitriles is 1. The molecule has 4 heteroatoms. The summed E-state index contributed by atoms with van der Waals surface area (Å²) in [4.78, 5) is 11.0. The van der Waals surface area contributed by atoms with Gasteiger partial charge in [0.1, 0.15) is 5.75 Å². The molecule has 25 heavy (non-hydrogen) atoms. The van der Waals surface area contributed by atoms with Gasteiger partial charge in [-0.15, -0.1) is 0 Å². The van der Waals surface area contributed by atoms with E-state index in [0.717, 1.165) is 22.1 Å². The van der Waals surface area contributed by atoms with E-state index in [1.54, 1.807) is 25.3 Å². The summed E-state index contributed by atoms with van der Waals surface area (Å²) in [5, 5.41) is 20.5. The summed E-state index contributed by atoms with van der Waals surface area (Å²) in [5.74, 6) is -0.216. The monoisotopic (exact) mass is 329 g/mol. The van der Waals surface area contributed by atoms with E-state index in [4.69, 9.17) is 9.84 Å². The second-order valence-electron chi connectivity index (χ2n) is 5.45. The summed E-state index contributed by atoms with van der Waals surface area (Å²) < 4.78 is 5.39. The lowest BCUT2D eigenvalue weighted by Gasteiger charge is -2.08. The fourth-order valence-electron chi connectivity index (χ4n) is 2.73. The summed E-state index contributed by atoms with van der Waals surface area (Å²) in [6, 6.07) is 20.1. The van der Waals surface area contributed by atoms with Crippen LogP contribution in [0.3, 0.4) is 0 Å². The van der Waals surface area contributed by atoms with Crippen molar-refractivity contribution < 1.29 is 14.6 Å². The molecule has 0 aliphatic heterocycles. The Kier molecular flexibility index (Phi) is 4.49. The highest BCUT2D eigenvalue weighted by Crippen LogP contribution is 2.30. The molecule has 0 saturated carbocycles. The lowest BCUT2D eigenvalue weighted by molar-refractivity contribution is 0.0697. The van der Waals surface area contributed by atoms with E-state index < -0.39 is 5.97 Å². The summed E-state index contributed by atoms with van der Waals surface area (Å²) in [5.41, 5.74) is 2.23. The highest BCUT2D eigenvalue weighted by Gasteiger charge is 2.08. The Labute approximate surface area is 145 Å². The highest BCUT2D eigenvalue weighted by atomic mass is 16.5. The molecule has 0 radical (unpaired) electrons. The zero-order valence-corrected chi connectivity index (χ0v) is 13.6. The van der Waals surface area contributed by atoms with E-state index in [-0.39, 0.29) is 5.56 Å². The third kappa shape index (κ3) is 3.22. The molecule has 0 bridgehead atoms. The highest BCUT2D eigenvalue weighted by molar-refractivity contribution is 6.00. The molecule has 0 aliphatic rings. The van der Waals surface area contributed by atoms with E-state index in [1.807, 2.05) is 36.4 Å². The van der Waals surface area contributed by atoms with Crippen LogP contribution in [-0.2, 0) is 0 Å². The molecule has 3 aromatic carbocycles. The van der Waals surface area contributed by atoms with Crippen molar-refractivity contribution in [3.63, 3.8) is 0 Å². The lowest BCUT2D eigenvalue weighted by Crippen LogP contribution is -1.95. The zero-order chi connectivity index (χ0) is 17.8. The molecule has 0 amide bonds. The van der Waals surface area contributed by atoms with E-state index in [0.29, 0.717) is 11.1 Å². The van der Waals surface area contributed by atoms with Gasteiger partial charge in [-0.3, -0.25) is 0 Å². The van der Waals surface area contributed by atoms with Gasteiger partial charge in [-0.25, -0.2) is 4.79 Å². The maximum absolute atomic E-state index is 11.0. The summed E-state index contributed by atoms with van der Waals surface area (Å²) >= 11 is 0. The van der Waals surface area contributed by atoms with E-state index in [1.165, 1.54) is 12.1 Å². The van der Waals surface area contributed by atoms with Crippen LogP contribution in [0.5, 0.6) is 5.75 Å². The third-order valence-electron chi connectivity index (χ3n) is 4.00. The van der Waals surface area contributed by atoms with Crippen LogP contribution in [0.1, 0.15) is 21.5 Å². The summed E-state index contributed by atoms with van der Waals surface area (Å²) in [6.45, 7) is 0. The first kappa shape index (κ1) is 16.3. The second kappa shape index (κ2) is 6.90. The molecule has 0 aliphatic carbocycles. The molecule has 1 N–H and O–H groups in total. The van der Waals surface area contributed by atoms with Gasteiger partial charge >= 0.3 is 5.97 Å². The maximum atomic E-state index is 11.0. The van der Waals surface area contributed by atoms with Gasteiger partial charge in [0.2, 0.25) is 0 Å². The number of fused-ring (bicyclic) bond motifs is 1. The molecule has 122 valence electrons. The molecule has 0 atom stereocenters. The minimum atomic E-state index is -0.991.